The number of Topliss-reactive ketones (excluding diaryl/α,β-unsaturated/α-hetero) is 1. The predicted octanol–water partition coefficient (Wildman–Crippen LogP) is 3.18. The molecule has 2 aromatic heterocycles. The Kier molecular flexibility index (Phi) is 5.02. The van der Waals surface area contributed by atoms with Crippen LogP contribution in [0.1, 0.15) is 30.1 Å². The summed E-state index contributed by atoms with van der Waals surface area (Å²) in [6.07, 6.45) is 5.07. The molecule has 0 fully saturated rings. The van der Waals surface area contributed by atoms with Crippen molar-refractivity contribution in [1.29, 1.82) is 0 Å². The van der Waals surface area contributed by atoms with Crippen LogP contribution in [0.3, 0.4) is 0 Å². The zero-order chi connectivity index (χ0) is 19.5. The molecule has 28 heavy (non-hydrogen) atoms. The van der Waals surface area contributed by atoms with Crippen molar-refractivity contribution in [1.82, 2.24) is 14.5 Å². The zero-order valence-corrected chi connectivity index (χ0v) is 15.8. The van der Waals surface area contributed by atoms with Crippen molar-refractivity contribution in [2.24, 2.45) is 0 Å². The van der Waals surface area contributed by atoms with E-state index in [1.807, 2.05) is 47.4 Å². The van der Waals surface area contributed by atoms with Crippen molar-refractivity contribution in [3.8, 4) is 11.3 Å². The molecule has 1 aromatic carbocycles. The lowest BCUT2D eigenvalue weighted by atomic mass is 10.0. The monoisotopic (exact) mass is 374 g/mol. The first-order valence-corrected chi connectivity index (χ1v) is 9.54. The second-order valence-corrected chi connectivity index (χ2v) is 6.93. The molecule has 1 aliphatic heterocycles. The Hall–Kier alpha value is -3.28. The molecule has 0 radical (unpaired) electrons. The van der Waals surface area contributed by atoms with Gasteiger partial charge in [0, 0.05) is 42.2 Å². The molecule has 0 bridgehead atoms. The Morgan fingerprint density at radius 1 is 1.14 bits per heavy atom. The van der Waals surface area contributed by atoms with Crippen molar-refractivity contribution >= 4 is 11.7 Å². The maximum atomic E-state index is 12.9. The van der Waals surface area contributed by atoms with E-state index in [2.05, 4.69) is 11.9 Å². The second-order valence-electron chi connectivity index (χ2n) is 6.93. The van der Waals surface area contributed by atoms with E-state index >= 15 is 0 Å². The molecule has 6 heteroatoms. The van der Waals surface area contributed by atoms with E-state index in [0.717, 1.165) is 18.4 Å². The van der Waals surface area contributed by atoms with E-state index in [9.17, 15) is 9.59 Å². The van der Waals surface area contributed by atoms with Crippen LogP contribution in [-0.2, 0) is 6.54 Å². The van der Waals surface area contributed by atoms with Crippen molar-refractivity contribution in [2.45, 2.75) is 32.4 Å². The average Bonchev–Trinajstić information content (AvgIpc) is 2.75. The fourth-order valence-electron chi connectivity index (χ4n) is 3.69. The third kappa shape index (κ3) is 3.45. The maximum Gasteiger partial charge on any atom is 0.255 e. The number of hydrogen-bond donors (Lipinski definition) is 0. The molecule has 0 spiro atoms. The predicted molar refractivity (Wildman–Crippen MR) is 109 cm³/mol. The summed E-state index contributed by atoms with van der Waals surface area (Å²) in [5.41, 5.74) is 2.02. The topological polar surface area (TPSA) is 68.1 Å². The minimum Gasteiger partial charge on any atom is -0.331 e. The molecule has 0 saturated heterocycles. The van der Waals surface area contributed by atoms with Crippen LogP contribution in [0.2, 0.25) is 0 Å². The SMILES string of the molecule is CCC1CCn2c(nc(-c3ccncc3)cc2=O)N1CC(=O)c1ccccc1. The van der Waals surface area contributed by atoms with Gasteiger partial charge in [0.25, 0.3) is 5.56 Å². The molecule has 0 saturated carbocycles. The summed E-state index contributed by atoms with van der Waals surface area (Å²) in [7, 11) is 0. The number of anilines is 1. The zero-order valence-electron chi connectivity index (χ0n) is 15.8. The van der Waals surface area contributed by atoms with Gasteiger partial charge in [-0.3, -0.25) is 19.1 Å². The van der Waals surface area contributed by atoms with E-state index < -0.39 is 0 Å². The number of fused-ring (bicyclic) bond motifs is 1. The van der Waals surface area contributed by atoms with Crippen LogP contribution in [0.15, 0.2) is 65.7 Å². The van der Waals surface area contributed by atoms with Gasteiger partial charge in [0.05, 0.1) is 12.2 Å². The van der Waals surface area contributed by atoms with Gasteiger partial charge in [0.1, 0.15) is 0 Å². The number of nitrogens with zero attached hydrogens (tertiary/aromatic N) is 4. The first-order valence-electron chi connectivity index (χ1n) is 9.54. The van der Waals surface area contributed by atoms with E-state index in [0.29, 0.717) is 23.8 Å². The molecule has 3 aromatic rings. The van der Waals surface area contributed by atoms with E-state index in [-0.39, 0.29) is 23.9 Å². The quantitative estimate of drug-likeness (QED) is 0.642. The summed E-state index contributed by atoms with van der Waals surface area (Å²) in [5, 5.41) is 0. The molecular weight excluding hydrogens is 352 g/mol. The lowest BCUT2D eigenvalue weighted by Gasteiger charge is -2.37. The van der Waals surface area contributed by atoms with Gasteiger partial charge in [-0.1, -0.05) is 37.3 Å². The molecule has 142 valence electrons. The molecule has 1 unspecified atom stereocenters. The maximum absolute atomic E-state index is 12.9. The average molecular weight is 374 g/mol. The van der Waals surface area contributed by atoms with Gasteiger partial charge in [0.15, 0.2) is 5.78 Å². The highest BCUT2D eigenvalue weighted by atomic mass is 16.1. The summed E-state index contributed by atoms with van der Waals surface area (Å²) >= 11 is 0. The van der Waals surface area contributed by atoms with E-state index in [4.69, 9.17) is 4.98 Å². The largest absolute Gasteiger partial charge is 0.331 e. The highest BCUT2D eigenvalue weighted by Gasteiger charge is 2.29. The molecule has 0 N–H and O–H groups in total. The number of pyridine rings is 1. The Morgan fingerprint density at radius 2 is 1.89 bits per heavy atom. The van der Waals surface area contributed by atoms with Gasteiger partial charge < -0.3 is 4.90 Å². The van der Waals surface area contributed by atoms with Crippen LogP contribution in [-0.4, -0.2) is 32.9 Å². The van der Waals surface area contributed by atoms with Crippen LogP contribution in [0.5, 0.6) is 0 Å². The standard InChI is InChI=1S/C22H22N4O2/c1-2-18-10-13-25-21(28)14-19(16-8-11-23-12-9-16)24-22(25)26(18)15-20(27)17-6-4-3-5-7-17/h3-9,11-12,14,18H,2,10,13,15H2,1H3. The summed E-state index contributed by atoms with van der Waals surface area (Å²) in [4.78, 5) is 36.4. The first kappa shape index (κ1) is 18.1. The summed E-state index contributed by atoms with van der Waals surface area (Å²) in [6.45, 7) is 2.92. The number of benzene rings is 1. The third-order valence-corrected chi connectivity index (χ3v) is 5.23. The smallest absolute Gasteiger partial charge is 0.255 e. The number of carbonyl (C=O) groups is 1. The number of rotatable bonds is 5. The van der Waals surface area contributed by atoms with E-state index in [1.165, 1.54) is 0 Å². The molecule has 0 amide bonds. The first-order chi connectivity index (χ1) is 13.7. The Labute approximate surface area is 163 Å². The van der Waals surface area contributed by atoms with Gasteiger partial charge >= 0.3 is 0 Å². The summed E-state index contributed by atoms with van der Waals surface area (Å²) < 4.78 is 1.68. The molecule has 1 atom stereocenters. The normalized spacial score (nSPS) is 15.9. The Bertz CT molecular complexity index is 1030. The Morgan fingerprint density at radius 3 is 2.61 bits per heavy atom. The van der Waals surface area contributed by atoms with Crippen LogP contribution >= 0.6 is 0 Å². The van der Waals surface area contributed by atoms with Gasteiger partial charge in [-0.2, -0.15) is 0 Å². The molecule has 3 heterocycles. The van der Waals surface area contributed by atoms with Crippen LogP contribution in [0.4, 0.5) is 5.95 Å². The lowest BCUT2D eigenvalue weighted by Crippen LogP contribution is -2.47. The molecule has 0 aliphatic carbocycles. The van der Waals surface area contributed by atoms with Crippen molar-refractivity contribution in [3.05, 3.63) is 76.8 Å². The van der Waals surface area contributed by atoms with Gasteiger partial charge in [0.2, 0.25) is 5.95 Å². The van der Waals surface area contributed by atoms with Crippen molar-refractivity contribution < 1.29 is 4.79 Å². The highest BCUT2D eigenvalue weighted by Crippen LogP contribution is 2.26. The number of aromatic nitrogens is 3. The van der Waals surface area contributed by atoms with Crippen molar-refractivity contribution in [2.75, 3.05) is 11.4 Å². The molecule has 6 nitrogen and oxygen atoms in total. The summed E-state index contributed by atoms with van der Waals surface area (Å²) in [6, 6.07) is 14.6. The number of carbonyl (C=O) groups excluding carboxylic acids is 1. The van der Waals surface area contributed by atoms with E-state index in [1.54, 1.807) is 23.0 Å². The molecular formula is C22H22N4O2. The fraction of sp³-hybridized carbons (Fsp3) is 0.273. The molecule has 1 aliphatic rings. The highest BCUT2D eigenvalue weighted by molar-refractivity contribution is 5.99. The van der Waals surface area contributed by atoms with Gasteiger partial charge in [-0.25, -0.2) is 4.98 Å². The van der Waals surface area contributed by atoms with Crippen molar-refractivity contribution in [3.63, 3.8) is 0 Å². The molecule has 4 rings (SSSR count). The van der Waals surface area contributed by atoms with Crippen LogP contribution in [0.25, 0.3) is 11.3 Å². The Balaban J connectivity index is 1.75. The number of ketones is 1. The number of hydrogen-bond acceptors (Lipinski definition) is 5. The second kappa shape index (κ2) is 7.76. The lowest BCUT2D eigenvalue weighted by molar-refractivity contribution is 0.0994. The van der Waals surface area contributed by atoms with Gasteiger partial charge in [-0.05, 0) is 25.0 Å². The summed E-state index contributed by atoms with van der Waals surface area (Å²) in [5.74, 6) is 0.595. The van der Waals surface area contributed by atoms with Crippen LogP contribution < -0.4 is 10.5 Å². The van der Waals surface area contributed by atoms with Gasteiger partial charge in [-0.15, -0.1) is 0 Å². The minimum atomic E-state index is -0.0940. The fourth-order valence-corrected chi connectivity index (χ4v) is 3.69. The minimum absolute atomic E-state index is 0.0241. The van der Waals surface area contributed by atoms with Crippen LogP contribution in [0, 0.1) is 0 Å². The third-order valence-electron chi connectivity index (χ3n) is 5.23.